The maximum Gasteiger partial charge on any atom is 0.343 e. The highest BCUT2D eigenvalue weighted by Gasteiger charge is 2.34. The minimum Gasteiger partial charge on any atom is -0.490 e. The van der Waals surface area contributed by atoms with Crippen LogP contribution in [0.25, 0.3) is 6.08 Å². The number of nitrogens with zero attached hydrogens (tertiary/aromatic N) is 2. The monoisotopic (exact) mass is 798 g/mol. The summed E-state index contributed by atoms with van der Waals surface area (Å²) in [6.07, 6.45) is 1.74. The SMILES string of the molecule is CCOC(=O)C1=C(C)N=c2s/c(=C/c3cc(Br)c(OCc4ccccc4Cl)c(OCC)c3)c(=O)n2[C@H]1c1ccc(OCC(=O)OC)c(OCC)c1. The molecule has 0 N–H and O–H groups in total. The van der Waals surface area contributed by atoms with Gasteiger partial charge < -0.3 is 28.4 Å². The minimum atomic E-state index is -0.900. The Hall–Kier alpha value is -4.59. The summed E-state index contributed by atoms with van der Waals surface area (Å²) in [6.45, 7) is 7.80. The van der Waals surface area contributed by atoms with Gasteiger partial charge in [0, 0.05) is 10.6 Å². The number of hydrogen-bond donors (Lipinski definition) is 0. The molecular weight excluding hydrogens is 764 g/mol. The summed E-state index contributed by atoms with van der Waals surface area (Å²) in [5, 5.41) is 0.593. The molecule has 0 aliphatic carbocycles. The molecule has 51 heavy (non-hydrogen) atoms. The molecule has 0 saturated carbocycles. The number of carbonyl (C=O) groups is 2. The Morgan fingerprint density at radius 3 is 2.41 bits per heavy atom. The third kappa shape index (κ3) is 8.49. The topological polar surface area (TPSA) is 124 Å². The van der Waals surface area contributed by atoms with E-state index in [1.54, 1.807) is 57.2 Å². The third-order valence-electron chi connectivity index (χ3n) is 7.63. The highest BCUT2D eigenvalue weighted by Crippen LogP contribution is 2.39. The van der Waals surface area contributed by atoms with Crippen molar-refractivity contribution in [1.29, 1.82) is 0 Å². The van der Waals surface area contributed by atoms with E-state index in [1.165, 1.54) is 23.0 Å². The molecule has 1 aliphatic heterocycles. The van der Waals surface area contributed by atoms with Crippen LogP contribution in [0, 0.1) is 0 Å². The average molecular weight is 800 g/mol. The second-order valence-electron chi connectivity index (χ2n) is 10.9. The first kappa shape index (κ1) is 37.7. The molecule has 1 aliphatic rings. The Balaban J connectivity index is 1.60. The lowest BCUT2D eigenvalue weighted by atomic mass is 9.95. The van der Waals surface area contributed by atoms with Crippen LogP contribution in [-0.4, -0.2) is 50.0 Å². The van der Waals surface area contributed by atoms with Crippen LogP contribution in [0.2, 0.25) is 5.02 Å². The smallest absolute Gasteiger partial charge is 0.343 e. The van der Waals surface area contributed by atoms with E-state index in [0.29, 0.717) is 71.9 Å². The lowest BCUT2D eigenvalue weighted by Crippen LogP contribution is -2.40. The average Bonchev–Trinajstić information content (AvgIpc) is 3.40. The zero-order valence-electron chi connectivity index (χ0n) is 28.6. The molecule has 4 aromatic rings. The molecule has 0 unspecified atom stereocenters. The van der Waals surface area contributed by atoms with E-state index in [-0.39, 0.29) is 31.0 Å². The highest BCUT2D eigenvalue weighted by molar-refractivity contribution is 9.10. The van der Waals surface area contributed by atoms with E-state index in [4.69, 9.17) is 40.0 Å². The Kier molecular flexibility index (Phi) is 12.6. The van der Waals surface area contributed by atoms with E-state index in [0.717, 1.165) is 5.56 Å². The van der Waals surface area contributed by atoms with Crippen molar-refractivity contribution in [2.45, 2.75) is 40.3 Å². The van der Waals surface area contributed by atoms with Gasteiger partial charge >= 0.3 is 11.9 Å². The Bertz CT molecular complexity index is 2160. The first-order valence-electron chi connectivity index (χ1n) is 16.1. The fourth-order valence-corrected chi connectivity index (χ4v) is 7.19. The zero-order valence-corrected chi connectivity index (χ0v) is 31.8. The quantitative estimate of drug-likeness (QED) is 0.138. The van der Waals surface area contributed by atoms with Crippen LogP contribution >= 0.6 is 38.9 Å². The lowest BCUT2D eigenvalue weighted by molar-refractivity contribution is -0.143. The number of rotatable bonds is 14. The molecule has 0 spiro atoms. The van der Waals surface area contributed by atoms with Gasteiger partial charge in [-0.1, -0.05) is 47.2 Å². The summed E-state index contributed by atoms with van der Waals surface area (Å²) in [7, 11) is 1.27. The molecule has 2 heterocycles. The molecule has 0 saturated heterocycles. The zero-order chi connectivity index (χ0) is 36.7. The maximum atomic E-state index is 14.3. The molecule has 14 heteroatoms. The number of esters is 2. The van der Waals surface area contributed by atoms with Crippen LogP contribution < -0.4 is 33.8 Å². The van der Waals surface area contributed by atoms with E-state index in [1.807, 2.05) is 31.2 Å². The Labute approximate surface area is 311 Å². The number of allylic oxidation sites excluding steroid dienone is 1. The second-order valence-corrected chi connectivity index (χ2v) is 13.2. The first-order valence-corrected chi connectivity index (χ1v) is 18.1. The van der Waals surface area contributed by atoms with Gasteiger partial charge in [-0.15, -0.1) is 0 Å². The van der Waals surface area contributed by atoms with Crippen molar-refractivity contribution in [2.24, 2.45) is 4.99 Å². The van der Waals surface area contributed by atoms with Gasteiger partial charge in [0.05, 0.1) is 53.2 Å². The van der Waals surface area contributed by atoms with Crippen molar-refractivity contribution in [3.05, 3.63) is 112 Å². The van der Waals surface area contributed by atoms with E-state index >= 15 is 0 Å². The molecular formula is C37H36BrClN2O9S. The summed E-state index contributed by atoms with van der Waals surface area (Å²) in [4.78, 5) is 44.5. The summed E-state index contributed by atoms with van der Waals surface area (Å²) >= 11 is 11.1. The van der Waals surface area contributed by atoms with Crippen molar-refractivity contribution < 1.29 is 38.0 Å². The van der Waals surface area contributed by atoms with Gasteiger partial charge in [-0.25, -0.2) is 14.6 Å². The Morgan fingerprint density at radius 2 is 1.71 bits per heavy atom. The molecule has 3 aromatic carbocycles. The van der Waals surface area contributed by atoms with Crippen molar-refractivity contribution in [3.63, 3.8) is 0 Å². The summed E-state index contributed by atoms with van der Waals surface area (Å²) < 4.78 is 36.2. The number of thiazole rings is 1. The number of fused-ring (bicyclic) bond motifs is 1. The number of halogens is 2. The van der Waals surface area contributed by atoms with Crippen molar-refractivity contribution in [1.82, 2.24) is 4.57 Å². The van der Waals surface area contributed by atoms with Crippen molar-refractivity contribution in [2.75, 3.05) is 33.5 Å². The number of hydrogen-bond acceptors (Lipinski definition) is 11. The number of ether oxygens (including phenoxy) is 6. The van der Waals surface area contributed by atoms with Crippen LogP contribution in [0.4, 0.5) is 0 Å². The summed E-state index contributed by atoms with van der Waals surface area (Å²) in [5.74, 6) is 0.440. The fourth-order valence-electron chi connectivity index (χ4n) is 5.38. The number of carbonyl (C=O) groups excluding carboxylic acids is 2. The van der Waals surface area contributed by atoms with Crippen LogP contribution in [0.15, 0.2) is 80.1 Å². The summed E-state index contributed by atoms with van der Waals surface area (Å²) in [5.41, 5.74) is 2.30. The molecule has 1 atom stereocenters. The predicted molar refractivity (Wildman–Crippen MR) is 197 cm³/mol. The van der Waals surface area contributed by atoms with Crippen LogP contribution in [0.1, 0.15) is 50.4 Å². The number of aromatic nitrogens is 1. The van der Waals surface area contributed by atoms with Crippen LogP contribution in [-0.2, 0) is 25.7 Å². The van der Waals surface area contributed by atoms with Gasteiger partial charge in [0.15, 0.2) is 34.4 Å². The molecule has 0 amide bonds. The van der Waals surface area contributed by atoms with E-state index in [9.17, 15) is 14.4 Å². The standard InChI is InChI=1S/C37H36BrClN2O9S/c1-6-46-28-18-23(13-14-27(28)49-20-31(42)45-5)33-32(36(44)48-8-3)21(4)40-37-41(33)35(43)30(51-37)17-22-15-25(38)34(29(16-22)47-7-2)50-19-24-11-9-10-12-26(24)39/h9-18,33H,6-8,19-20H2,1-5H3/b30-17+/t33-/m0/s1. The normalized spacial score (nSPS) is 14.0. The lowest BCUT2D eigenvalue weighted by Gasteiger charge is -2.25. The largest absolute Gasteiger partial charge is 0.490 e. The summed E-state index contributed by atoms with van der Waals surface area (Å²) in [6, 6.07) is 15.2. The maximum absolute atomic E-state index is 14.3. The molecule has 0 radical (unpaired) electrons. The minimum absolute atomic E-state index is 0.131. The van der Waals surface area contributed by atoms with Gasteiger partial charge in [0.2, 0.25) is 0 Å². The van der Waals surface area contributed by atoms with E-state index in [2.05, 4.69) is 20.9 Å². The van der Waals surface area contributed by atoms with Gasteiger partial charge in [-0.2, -0.15) is 0 Å². The second kappa shape index (κ2) is 17.1. The van der Waals surface area contributed by atoms with Crippen LogP contribution in [0.3, 0.4) is 0 Å². The van der Waals surface area contributed by atoms with Gasteiger partial charge in [0.25, 0.3) is 5.56 Å². The molecule has 5 rings (SSSR count). The van der Waals surface area contributed by atoms with Crippen molar-refractivity contribution in [3.8, 4) is 23.0 Å². The highest BCUT2D eigenvalue weighted by atomic mass is 79.9. The molecule has 268 valence electrons. The molecule has 11 nitrogen and oxygen atoms in total. The van der Waals surface area contributed by atoms with Crippen molar-refractivity contribution >= 4 is 56.9 Å². The van der Waals surface area contributed by atoms with Gasteiger partial charge in [-0.3, -0.25) is 9.36 Å². The van der Waals surface area contributed by atoms with Gasteiger partial charge in [0.1, 0.15) is 6.61 Å². The van der Waals surface area contributed by atoms with Crippen LogP contribution in [0.5, 0.6) is 23.0 Å². The number of benzene rings is 3. The molecule has 0 fully saturated rings. The molecule has 0 bridgehead atoms. The first-order chi connectivity index (χ1) is 24.6. The fraction of sp³-hybridized carbons (Fsp3) is 0.297. The Morgan fingerprint density at radius 1 is 0.961 bits per heavy atom. The van der Waals surface area contributed by atoms with Gasteiger partial charge in [-0.05, 0) is 91.2 Å². The molecule has 1 aromatic heterocycles. The third-order valence-corrected chi connectivity index (χ3v) is 9.57. The predicted octanol–water partition coefficient (Wildman–Crippen LogP) is 6.14. The number of methoxy groups -OCH3 is 1. The van der Waals surface area contributed by atoms with E-state index < -0.39 is 18.0 Å².